The van der Waals surface area contributed by atoms with Crippen LogP contribution in [0.25, 0.3) is 0 Å². The summed E-state index contributed by atoms with van der Waals surface area (Å²) in [5.41, 5.74) is -0.852. The van der Waals surface area contributed by atoms with Gasteiger partial charge in [0.15, 0.2) is 4.34 Å². The van der Waals surface area contributed by atoms with Crippen molar-refractivity contribution in [3.05, 3.63) is 34.3 Å². The second-order valence-electron chi connectivity index (χ2n) is 3.51. The van der Waals surface area contributed by atoms with Crippen molar-refractivity contribution in [2.75, 3.05) is 0 Å². The lowest BCUT2D eigenvalue weighted by atomic mass is 10.1. The molecular formula is C11H6F3N3S2. The maximum Gasteiger partial charge on any atom is 0.416 e. The molecule has 0 spiro atoms. The topological polar surface area (TPSA) is 49.6 Å². The Morgan fingerprint density at radius 1 is 1.32 bits per heavy atom. The highest BCUT2D eigenvalue weighted by atomic mass is 32.2. The van der Waals surface area contributed by atoms with E-state index in [2.05, 4.69) is 10.2 Å². The quantitative estimate of drug-likeness (QED) is 0.844. The van der Waals surface area contributed by atoms with Gasteiger partial charge in [0, 0.05) is 4.90 Å². The molecule has 0 bridgehead atoms. The van der Waals surface area contributed by atoms with Crippen molar-refractivity contribution in [2.24, 2.45) is 0 Å². The molecule has 0 N–H and O–H groups in total. The van der Waals surface area contributed by atoms with Gasteiger partial charge in [-0.2, -0.15) is 18.4 Å². The largest absolute Gasteiger partial charge is 0.416 e. The first-order valence-corrected chi connectivity index (χ1v) is 6.63. The minimum absolute atomic E-state index is 0.0207. The van der Waals surface area contributed by atoms with Crippen molar-refractivity contribution < 1.29 is 13.2 Å². The second-order valence-corrected chi connectivity index (χ2v) is 5.98. The molecule has 2 aromatic rings. The molecular weight excluding hydrogens is 295 g/mol. The van der Waals surface area contributed by atoms with Crippen LogP contribution >= 0.6 is 23.1 Å². The van der Waals surface area contributed by atoms with E-state index in [1.54, 1.807) is 13.0 Å². The summed E-state index contributed by atoms with van der Waals surface area (Å²) < 4.78 is 38.2. The zero-order valence-corrected chi connectivity index (χ0v) is 11.2. The summed E-state index contributed by atoms with van der Waals surface area (Å²) in [6, 6.07) is 4.85. The molecule has 0 radical (unpaired) electrons. The fourth-order valence-corrected chi connectivity index (χ4v) is 3.13. The van der Waals surface area contributed by atoms with Crippen LogP contribution in [0.3, 0.4) is 0 Å². The predicted molar refractivity (Wildman–Crippen MR) is 64.9 cm³/mol. The van der Waals surface area contributed by atoms with Gasteiger partial charge in [0.1, 0.15) is 11.1 Å². The standard InChI is InChI=1S/C11H6F3N3S2/c1-6-16-17-10(18-6)19-9-3-2-8(11(12,13)14)4-7(9)5-15/h2-4H,1H3. The molecule has 0 saturated heterocycles. The minimum atomic E-state index is -4.45. The molecule has 0 amide bonds. The maximum absolute atomic E-state index is 12.5. The Morgan fingerprint density at radius 3 is 2.58 bits per heavy atom. The summed E-state index contributed by atoms with van der Waals surface area (Å²) in [7, 11) is 0. The van der Waals surface area contributed by atoms with Crippen LogP contribution in [0, 0.1) is 18.3 Å². The van der Waals surface area contributed by atoms with Gasteiger partial charge in [-0.3, -0.25) is 0 Å². The summed E-state index contributed by atoms with van der Waals surface area (Å²) in [6.45, 7) is 1.78. The molecule has 2 rings (SSSR count). The number of hydrogen-bond acceptors (Lipinski definition) is 5. The van der Waals surface area contributed by atoms with Gasteiger partial charge in [0.25, 0.3) is 0 Å². The lowest BCUT2D eigenvalue weighted by Gasteiger charge is -2.08. The molecule has 1 aromatic carbocycles. The molecule has 0 aliphatic rings. The first-order valence-electron chi connectivity index (χ1n) is 4.99. The number of nitrogens with zero attached hydrogens (tertiary/aromatic N) is 3. The van der Waals surface area contributed by atoms with Crippen LogP contribution in [0.2, 0.25) is 0 Å². The van der Waals surface area contributed by atoms with Gasteiger partial charge in [-0.15, -0.1) is 10.2 Å². The van der Waals surface area contributed by atoms with Gasteiger partial charge >= 0.3 is 6.18 Å². The average molecular weight is 301 g/mol. The van der Waals surface area contributed by atoms with E-state index in [1.165, 1.54) is 17.4 Å². The average Bonchev–Trinajstić information content (AvgIpc) is 2.74. The molecule has 3 nitrogen and oxygen atoms in total. The van der Waals surface area contributed by atoms with Gasteiger partial charge < -0.3 is 0 Å². The summed E-state index contributed by atoms with van der Waals surface area (Å²) in [5.74, 6) is 0. The van der Waals surface area contributed by atoms with Crippen molar-refractivity contribution in [3.63, 3.8) is 0 Å². The Labute approximate surface area is 115 Å². The minimum Gasteiger partial charge on any atom is -0.192 e. The Balaban J connectivity index is 2.34. The summed E-state index contributed by atoms with van der Waals surface area (Å²) in [6.07, 6.45) is -4.45. The molecule has 1 aromatic heterocycles. The number of halogens is 3. The lowest BCUT2D eigenvalue weighted by Crippen LogP contribution is -2.05. The van der Waals surface area contributed by atoms with E-state index in [9.17, 15) is 13.2 Å². The van der Waals surface area contributed by atoms with Crippen molar-refractivity contribution in [1.29, 1.82) is 5.26 Å². The number of benzene rings is 1. The highest BCUT2D eigenvalue weighted by Crippen LogP contribution is 2.36. The third-order valence-electron chi connectivity index (χ3n) is 2.13. The Morgan fingerprint density at radius 2 is 2.05 bits per heavy atom. The number of rotatable bonds is 2. The van der Waals surface area contributed by atoms with Gasteiger partial charge in [0.2, 0.25) is 0 Å². The molecule has 0 atom stereocenters. The summed E-state index contributed by atoms with van der Waals surface area (Å²) in [4.78, 5) is 0.437. The molecule has 0 aliphatic heterocycles. The van der Waals surface area contributed by atoms with Crippen LogP contribution in [0.1, 0.15) is 16.1 Å². The normalized spacial score (nSPS) is 11.3. The Kier molecular flexibility index (Phi) is 3.78. The summed E-state index contributed by atoms with van der Waals surface area (Å²) >= 11 is 2.45. The molecule has 8 heteroatoms. The molecule has 0 aliphatic carbocycles. The zero-order valence-electron chi connectivity index (χ0n) is 9.52. The van der Waals surface area contributed by atoms with Gasteiger partial charge in [-0.05, 0) is 25.1 Å². The van der Waals surface area contributed by atoms with E-state index in [0.29, 0.717) is 9.24 Å². The van der Waals surface area contributed by atoms with Gasteiger partial charge in [0.05, 0.1) is 11.1 Å². The highest BCUT2D eigenvalue weighted by Gasteiger charge is 2.31. The second kappa shape index (κ2) is 5.19. The van der Waals surface area contributed by atoms with Crippen LogP contribution in [-0.2, 0) is 6.18 Å². The Bertz CT molecular complexity index is 643. The van der Waals surface area contributed by atoms with Crippen molar-refractivity contribution in [3.8, 4) is 6.07 Å². The first-order chi connectivity index (χ1) is 8.90. The third-order valence-corrected chi connectivity index (χ3v) is 4.10. The molecule has 98 valence electrons. The Hall–Kier alpha value is -1.59. The zero-order chi connectivity index (χ0) is 14.0. The highest BCUT2D eigenvalue weighted by molar-refractivity contribution is 8.01. The fourth-order valence-electron chi connectivity index (χ4n) is 1.30. The van der Waals surface area contributed by atoms with E-state index < -0.39 is 11.7 Å². The number of alkyl halides is 3. The van der Waals surface area contributed by atoms with Crippen LogP contribution in [0.5, 0.6) is 0 Å². The third kappa shape index (κ3) is 3.24. The SMILES string of the molecule is Cc1nnc(Sc2ccc(C(F)(F)F)cc2C#N)s1. The van der Waals surface area contributed by atoms with E-state index in [0.717, 1.165) is 28.9 Å². The molecule has 1 heterocycles. The van der Waals surface area contributed by atoms with E-state index in [-0.39, 0.29) is 5.56 Å². The number of aryl methyl sites for hydroxylation is 1. The van der Waals surface area contributed by atoms with E-state index >= 15 is 0 Å². The van der Waals surface area contributed by atoms with Crippen LogP contribution < -0.4 is 0 Å². The maximum atomic E-state index is 12.5. The smallest absolute Gasteiger partial charge is 0.192 e. The lowest BCUT2D eigenvalue weighted by molar-refractivity contribution is -0.137. The molecule has 0 saturated carbocycles. The van der Waals surface area contributed by atoms with Gasteiger partial charge in [-0.1, -0.05) is 23.1 Å². The first kappa shape index (κ1) is 13.8. The monoisotopic (exact) mass is 301 g/mol. The summed E-state index contributed by atoms with van der Waals surface area (Å²) in [5, 5.41) is 17.4. The van der Waals surface area contributed by atoms with Crippen LogP contribution in [0.4, 0.5) is 13.2 Å². The molecule has 0 fully saturated rings. The predicted octanol–water partition coefficient (Wildman–Crippen LogP) is 3.89. The van der Waals surface area contributed by atoms with Crippen molar-refractivity contribution in [1.82, 2.24) is 10.2 Å². The number of aromatic nitrogens is 2. The van der Waals surface area contributed by atoms with Gasteiger partial charge in [-0.25, -0.2) is 0 Å². The number of nitriles is 1. The molecule has 19 heavy (non-hydrogen) atoms. The molecule has 0 unspecified atom stereocenters. The van der Waals surface area contributed by atoms with Crippen molar-refractivity contribution in [2.45, 2.75) is 22.3 Å². The van der Waals surface area contributed by atoms with Crippen molar-refractivity contribution >= 4 is 23.1 Å². The van der Waals surface area contributed by atoms with Crippen LogP contribution in [0.15, 0.2) is 27.4 Å². The van der Waals surface area contributed by atoms with E-state index in [4.69, 9.17) is 5.26 Å². The number of hydrogen-bond donors (Lipinski definition) is 0. The fraction of sp³-hybridized carbons (Fsp3) is 0.182. The van der Waals surface area contributed by atoms with Crippen LogP contribution in [-0.4, -0.2) is 10.2 Å². The van der Waals surface area contributed by atoms with E-state index in [1.807, 2.05) is 0 Å².